The highest BCUT2D eigenvalue weighted by atomic mass is 16.5. The molecule has 1 amide bonds. The van der Waals surface area contributed by atoms with Gasteiger partial charge in [-0.05, 0) is 41.8 Å². The van der Waals surface area contributed by atoms with Gasteiger partial charge in [-0.3, -0.25) is 9.59 Å². The number of carbonyl (C=O) groups excluding carboxylic acids is 1. The lowest BCUT2D eigenvalue weighted by Crippen LogP contribution is -2.38. The highest BCUT2D eigenvalue weighted by Gasteiger charge is 2.26. The molecule has 0 fully saturated rings. The second kappa shape index (κ2) is 7.50. The molecule has 7 heteroatoms. The molecule has 29 heavy (non-hydrogen) atoms. The van der Waals surface area contributed by atoms with Crippen LogP contribution in [0, 0.1) is 0 Å². The number of hydrogen-bond donors (Lipinski definition) is 1. The predicted octanol–water partition coefficient (Wildman–Crippen LogP) is 2.75. The van der Waals surface area contributed by atoms with Crippen molar-refractivity contribution in [2.24, 2.45) is 0 Å². The van der Waals surface area contributed by atoms with Crippen LogP contribution in [0.4, 0.5) is 0 Å². The van der Waals surface area contributed by atoms with E-state index in [1.807, 2.05) is 12.1 Å². The minimum atomic E-state index is -0.305. The SMILES string of the molecule is COc1cc2c(cc1OC)CN(C(=O)c1c[nH]c3c(OC)cccc3c1=O)CC2. The van der Waals surface area contributed by atoms with Gasteiger partial charge in [0, 0.05) is 19.3 Å². The maximum atomic E-state index is 13.1. The van der Waals surface area contributed by atoms with Crippen LogP contribution in [-0.2, 0) is 13.0 Å². The third-order valence-corrected chi connectivity index (χ3v) is 5.33. The normalized spacial score (nSPS) is 13.1. The summed E-state index contributed by atoms with van der Waals surface area (Å²) in [6.07, 6.45) is 2.15. The Bertz CT molecular complexity index is 1150. The number of aromatic nitrogens is 1. The van der Waals surface area contributed by atoms with Crippen molar-refractivity contribution < 1.29 is 19.0 Å². The number of rotatable bonds is 4. The predicted molar refractivity (Wildman–Crippen MR) is 109 cm³/mol. The Hall–Kier alpha value is -3.48. The molecule has 1 aliphatic heterocycles. The molecule has 0 saturated heterocycles. The van der Waals surface area contributed by atoms with Crippen molar-refractivity contribution in [3.8, 4) is 17.2 Å². The maximum absolute atomic E-state index is 13.1. The number of ether oxygens (including phenoxy) is 3. The average molecular weight is 394 g/mol. The number of para-hydroxylation sites is 1. The fourth-order valence-electron chi connectivity index (χ4n) is 3.78. The Labute approximate surface area is 167 Å². The first-order chi connectivity index (χ1) is 14.1. The van der Waals surface area contributed by atoms with E-state index < -0.39 is 0 Å². The molecule has 0 unspecified atom stereocenters. The molecule has 1 aliphatic rings. The quantitative estimate of drug-likeness (QED) is 0.736. The minimum absolute atomic E-state index is 0.120. The molecule has 0 aliphatic carbocycles. The summed E-state index contributed by atoms with van der Waals surface area (Å²) in [6, 6.07) is 9.04. The van der Waals surface area contributed by atoms with Crippen LogP contribution in [0.1, 0.15) is 21.5 Å². The van der Waals surface area contributed by atoms with Gasteiger partial charge in [0.25, 0.3) is 5.91 Å². The van der Waals surface area contributed by atoms with Gasteiger partial charge in [0.2, 0.25) is 5.43 Å². The van der Waals surface area contributed by atoms with E-state index in [0.717, 1.165) is 11.1 Å². The van der Waals surface area contributed by atoms with Crippen LogP contribution in [0.5, 0.6) is 17.2 Å². The van der Waals surface area contributed by atoms with Crippen molar-refractivity contribution in [3.63, 3.8) is 0 Å². The third kappa shape index (κ3) is 3.18. The summed E-state index contributed by atoms with van der Waals surface area (Å²) in [5.41, 5.74) is 2.50. The van der Waals surface area contributed by atoms with Gasteiger partial charge in [-0.15, -0.1) is 0 Å². The van der Waals surface area contributed by atoms with Crippen molar-refractivity contribution in [2.75, 3.05) is 27.9 Å². The molecular formula is C22H22N2O5. The van der Waals surface area contributed by atoms with E-state index in [9.17, 15) is 9.59 Å². The smallest absolute Gasteiger partial charge is 0.259 e. The first kappa shape index (κ1) is 18.9. The molecule has 3 aromatic rings. The lowest BCUT2D eigenvalue weighted by molar-refractivity contribution is 0.0733. The minimum Gasteiger partial charge on any atom is -0.495 e. The van der Waals surface area contributed by atoms with Crippen molar-refractivity contribution in [3.05, 3.63) is 63.4 Å². The average Bonchev–Trinajstić information content (AvgIpc) is 2.77. The molecule has 0 bridgehead atoms. The molecule has 1 N–H and O–H groups in total. The Balaban J connectivity index is 1.68. The lowest BCUT2D eigenvalue weighted by Gasteiger charge is -2.29. The molecule has 0 atom stereocenters. The molecule has 2 heterocycles. The zero-order chi connectivity index (χ0) is 20.5. The maximum Gasteiger partial charge on any atom is 0.259 e. The van der Waals surface area contributed by atoms with E-state index in [1.165, 1.54) is 6.20 Å². The van der Waals surface area contributed by atoms with Crippen LogP contribution in [0.2, 0.25) is 0 Å². The highest BCUT2D eigenvalue weighted by molar-refractivity contribution is 5.98. The number of benzene rings is 2. The Morgan fingerprint density at radius 3 is 2.38 bits per heavy atom. The molecule has 1 aromatic heterocycles. The fraction of sp³-hybridized carbons (Fsp3) is 0.273. The summed E-state index contributed by atoms with van der Waals surface area (Å²) < 4.78 is 16.0. The monoisotopic (exact) mass is 394 g/mol. The number of pyridine rings is 1. The lowest BCUT2D eigenvalue weighted by atomic mass is 9.98. The summed E-state index contributed by atoms with van der Waals surface area (Å²) in [6.45, 7) is 0.932. The highest BCUT2D eigenvalue weighted by Crippen LogP contribution is 2.33. The van der Waals surface area contributed by atoms with Crippen LogP contribution in [0.15, 0.2) is 41.3 Å². The first-order valence-electron chi connectivity index (χ1n) is 9.28. The van der Waals surface area contributed by atoms with Crippen LogP contribution in [0.25, 0.3) is 10.9 Å². The zero-order valence-corrected chi connectivity index (χ0v) is 16.6. The van der Waals surface area contributed by atoms with Gasteiger partial charge in [-0.1, -0.05) is 6.07 Å². The summed E-state index contributed by atoms with van der Waals surface area (Å²) in [5.74, 6) is 1.56. The summed E-state index contributed by atoms with van der Waals surface area (Å²) >= 11 is 0. The van der Waals surface area contributed by atoms with Crippen molar-refractivity contribution in [1.82, 2.24) is 9.88 Å². The zero-order valence-electron chi connectivity index (χ0n) is 16.6. The topological polar surface area (TPSA) is 80.9 Å². The van der Waals surface area contributed by atoms with Gasteiger partial charge in [-0.25, -0.2) is 0 Å². The summed E-state index contributed by atoms with van der Waals surface area (Å²) in [4.78, 5) is 30.8. The van der Waals surface area contributed by atoms with Gasteiger partial charge in [0.1, 0.15) is 11.3 Å². The first-order valence-corrected chi connectivity index (χ1v) is 9.28. The van der Waals surface area contributed by atoms with E-state index in [-0.39, 0.29) is 16.9 Å². The number of nitrogens with zero attached hydrogens (tertiary/aromatic N) is 1. The molecule has 7 nitrogen and oxygen atoms in total. The Morgan fingerprint density at radius 1 is 1.00 bits per heavy atom. The number of nitrogens with one attached hydrogen (secondary N) is 1. The number of carbonyl (C=O) groups is 1. The van der Waals surface area contributed by atoms with E-state index in [0.29, 0.717) is 47.7 Å². The number of methoxy groups -OCH3 is 3. The van der Waals surface area contributed by atoms with E-state index in [2.05, 4.69) is 4.98 Å². The molecule has 0 saturated carbocycles. The van der Waals surface area contributed by atoms with Crippen LogP contribution < -0.4 is 19.6 Å². The number of fused-ring (bicyclic) bond motifs is 2. The van der Waals surface area contributed by atoms with E-state index >= 15 is 0 Å². The van der Waals surface area contributed by atoms with Crippen molar-refractivity contribution in [1.29, 1.82) is 0 Å². The third-order valence-electron chi connectivity index (χ3n) is 5.33. The molecule has 0 spiro atoms. The van der Waals surface area contributed by atoms with Gasteiger partial charge in [0.15, 0.2) is 11.5 Å². The number of hydrogen-bond acceptors (Lipinski definition) is 5. The second-order valence-corrected chi connectivity index (χ2v) is 6.87. The number of amides is 1. The standard InChI is InChI=1S/C22H22N2O5/c1-27-17-6-4-5-15-20(17)23-11-16(21(15)25)22(26)24-8-7-13-9-18(28-2)19(29-3)10-14(13)12-24/h4-6,9-11H,7-8,12H2,1-3H3,(H,23,25). The largest absolute Gasteiger partial charge is 0.495 e. The van der Waals surface area contributed by atoms with E-state index in [1.54, 1.807) is 44.4 Å². The van der Waals surface area contributed by atoms with Gasteiger partial charge >= 0.3 is 0 Å². The van der Waals surface area contributed by atoms with E-state index in [4.69, 9.17) is 14.2 Å². The summed E-state index contributed by atoms with van der Waals surface area (Å²) in [7, 11) is 4.73. The molecule has 0 radical (unpaired) electrons. The molecule has 2 aromatic carbocycles. The van der Waals surface area contributed by atoms with Crippen LogP contribution in [0.3, 0.4) is 0 Å². The molecular weight excluding hydrogens is 372 g/mol. The Kier molecular flexibility index (Phi) is 4.88. The van der Waals surface area contributed by atoms with Gasteiger partial charge in [0.05, 0.1) is 32.2 Å². The second-order valence-electron chi connectivity index (χ2n) is 6.87. The van der Waals surface area contributed by atoms with Gasteiger partial charge in [-0.2, -0.15) is 0 Å². The van der Waals surface area contributed by atoms with Crippen molar-refractivity contribution >= 4 is 16.8 Å². The number of aromatic amines is 1. The molecule has 150 valence electrons. The number of H-pyrrole nitrogens is 1. The van der Waals surface area contributed by atoms with Crippen molar-refractivity contribution in [2.45, 2.75) is 13.0 Å². The summed E-state index contributed by atoms with van der Waals surface area (Å²) in [5, 5.41) is 0.430. The van der Waals surface area contributed by atoms with Crippen LogP contribution >= 0.6 is 0 Å². The van der Waals surface area contributed by atoms with Crippen LogP contribution in [-0.4, -0.2) is 43.7 Å². The van der Waals surface area contributed by atoms with Gasteiger partial charge < -0.3 is 24.1 Å². The fourth-order valence-corrected chi connectivity index (χ4v) is 3.78. The Morgan fingerprint density at radius 2 is 1.69 bits per heavy atom. The molecule has 4 rings (SSSR count).